The number of aryl methyl sites for hydroxylation is 1. The minimum atomic E-state index is -4.41. The zero-order valence-electron chi connectivity index (χ0n) is 9.04. The minimum Gasteiger partial charge on any atom is -0.338 e. The largest absolute Gasteiger partial charge is 0.433 e. The van der Waals surface area contributed by atoms with Gasteiger partial charge in [-0.3, -0.25) is 0 Å². The summed E-state index contributed by atoms with van der Waals surface area (Å²) < 4.78 is 37.6. The van der Waals surface area contributed by atoms with Crippen LogP contribution in [-0.2, 0) is 6.18 Å². The van der Waals surface area contributed by atoms with E-state index in [1.165, 1.54) is 0 Å². The molecule has 1 aliphatic heterocycles. The third-order valence-electron chi connectivity index (χ3n) is 2.71. The van der Waals surface area contributed by atoms with Crippen LogP contribution in [0.1, 0.15) is 24.7 Å². The van der Waals surface area contributed by atoms with Gasteiger partial charge in [-0.25, -0.2) is 9.97 Å². The van der Waals surface area contributed by atoms with Crippen LogP contribution < -0.4 is 4.90 Å². The van der Waals surface area contributed by atoms with Gasteiger partial charge in [0.2, 0.25) is 5.95 Å². The molecule has 1 aromatic rings. The van der Waals surface area contributed by atoms with Crippen molar-refractivity contribution < 1.29 is 13.2 Å². The van der Waals surface area contributed by atoms with Gasteiger partial charge >= 0.3 is 6.18 Å². The average molecular weight is 231 g/mol. The fourth-order valence-corrected chi connectivity index (χ4v) is 1.64. The Morgan fingerprint density at radius 1 is 1.38 bits per heavy atom. The number of rotatable bonds is 1. The van der Waals surface area contributed by atoms with Crippen LogP contribution in [0.2, 0.25) is 0 Å². The lowest BCUT2D eigenvalue weighted by molar-refractivity contribution is -0.141. The standard InChI is InChI=1S/C10H12F3N3/c1-6-5-8(10(11,12)13)15-9(14-6)16-4-3-7(16)2/h5,7H,3-4H2,1-2H3/t7-/m0/s1. The first-order valence-corrected chi connectivity index (χ1v) is 5.07. The monoisotopic (exact) mass is 231 g/mol. The van der Waals surface area contributed by atoms with Crippen molar-refractivity contribution in [2.24, 2.45) is 0 Å². The first-order valence-electron chi connectivity index (χ1n) is 5.07. The van der Waals surface area contributed by atoms with Crippen LogP contribution in [0.4, 0.5) is 19.1 Å². The van der Waals surface area contributed by atoms with E-state index in [1.807, 2.05) is 6.92 Å². The highest BCUT2D eigenvalue weighted by Crippen LogP contribution is 2.30. The van der Waals surface area contributed by atoms with Gasteiger partial charge in [-0.1, -0.05) is 0 Å². The maximum atomic E-state index is 12.5. The molecule has 1 aliphatic rings. The molecule has 1 aromatic heterocycles. The van der Waals surface area contributed by atoms with Gasteiger partial charge in [0, 0.05) is 18.3 Å². The molecule has 0 aromatic carbocycles. The first-order chi connectivity index (χ1) is 7.38. The summed E-state index contributed by atoms with van der Waals surface area (Å²) in [5.41, 5.74) is -0.523. The van der Waals surface area contributed by atoms with Crippen molar-refractivity contribution in [3.8, 4) is 0 Å². The molecule has 0 amide bonds. The summed E-state index contributed by atoms with van der Waals surface area (Å²) in [6, 6.07) is 1.19. The SMILES string of the molecule is Cc1cc(C(F)(F)F)nc(N2CC[C@@H]2C)n1. The summed E-state index contributed by atoms with van der Waals surface area (Å²) >= 11 is 0. The van der Waals surface area contributed by atoms with Crippen LogP contribution in [0.5, 0.6) is 0 Å². The van der Waals surface area contributed by atoms with Crippen LogP contribution in [0.25, 0.3) is 0 Å². The summed E-state index contributed by atoms with van der Waals surface area (Å²) in [7, 11) is 0. The molecular weight excluding hydrogens is 219 g/mol. The Balaban J connectivity index is 2.36. The van der Waals surface area contributed by atoms with Gasteiger partial charge in [-0.05, 0) is 26.3 Å². The molecule has 2 heterocycles. The zero-order valence-corrected chi connectivity index (χ0v) is 9.04. The third kappa shape index (κ3) is 1.96. The van der Waals surface area contributed by atoms with Crippen molar-refractivity contribution >= 4 is 5.95 Å². The zero-order chi connectivity index (χ0) is 11.9. The third-order valence-corrected chi connectivity index (χ3v) is 2.71. The summed E-state index contributed by atoms with van der Waals surface area (Å²) in [4.78, 5) is 9.38. The van der Waals surface area contributed by atoms with Gasteiger partial charge < -0.3 is 4.90 Å². The molecule has 0 radical (unpaired) electrons. The summed E-state index contributed by atoms with van der Waals surface area (Å²) in [6.45, 7) is 4.22. The van der Waals surface area contributed by atoms with E-state index in [1.54, 1.807) is 11.8 Å². The number of hydrogen-bond donors (Lipinski definition) is 0. The summed E-state index contributed by atoms with van der Waals surface area (Å²) in [5, 5.41) is 0. The van der Waals surface area contributed by atoms with Crippen molar-refractivity contribution in [3.63, 3.8) is 0 Å². The molecule has 0 unspecified atom stereocenters. The van der Waals surface area contributed by atoms with Crippen LogP contribution >= 0.6 is 0 Å². The highest BCUT2D eigenvalue weighted by Gasteiger charge is 2.35. The Labute approximate surface area is 91.3 Å². The second-order valence-corrected chi connectivity index (χ2v) is 4.02. The molecule has 88 valence electrons. The molecule has 1 saturated heterocycles. The minimum absolute atomic E-state index is 0.186. The molecule has 0 spiro atoms. The maximum Gasteiger partial charge on any atom is 0.433 e. The molecule has 0 aliphatic carbocycles. The molecule has 1 fully saturated rings. The van der Waals surface area contributed by atoms with Crippen molar-refractivity contribution in [3.05, 3.63) is 17.5 Å². The quantitative estimate of drug-likeness (QED) is 0.743. The van der Waals surface area contributed by atoms with E-state index < -0.39 is 11.9 Å². The number of nitrogens with zero attached hydrogens (tertiary/aromatic N) is 3. The van der Waals surface area contributed by atoms with E-state index in [-0.39, 0.29) is 12.0 Å². The fourth-order valence-electron chi connectivity index (χ4n) is 1.64. The van der Waals surface area contributed by atoms with E-state index in [0.29, 0.717) is 5.69 Å². The van der Waals surface area contributed by atoms with Crippen LogP contribution in [-0.4, -0.2) is 22.6 Å². The highest BCUT2D eigenvalue weighted by atomic mass is 19.4. The molecule has 16 heavy (non-hydrogen) atoms. The molecule has 0 saturated carbocycles. The maximum absolute atomic E-state index is 12.5. The molecule has 6 heteroatoms. The summed E-state index contributed by atoms with van der Waals surface area (Å²) in [5.74, 6) is 0.186. The Morgan fingerprint density at radius 2 is 2.06 bits per heavy atom. The van der Waals surface area contributed by atoms with E-state index in [2.05, 4.69) is 9.97 Å². The second-order valence-electron chi connectivity index (χ2n) is 4.02. The van der Waals surface area contributed by atoms with Crippen molar-refractivity contribution in [2.75, 3.05) is 11.4 Å². The molecule has 0 bridgehead atoms. The van der Waals surface area contributed by atoms with Crippen LogP contribution in [0.3, 0.4) is 0 Å². The van der Waals surface area contributed by atoms with E-state index in [0.717, 1.165) is 19.0 Å². The van der Waals surface area contributed by atoms with Crippen molar-refractivity contribution in [1.82, 2.24) is 9.97 Å². The van der Waals surface area contributed by atoms with Gasteiger partial charge in [-0.2, -0.15) is 13.2 Å². The van der Waals surface area contributed by atoms with Crippen molar-refractivity contribution in [1.29, 1.82) is 0 Å². The molecule has 2 rings (SSSR count). The Hall–Kier alpha value is -1.33. The van der Waals surface area contributed by atoms with Crippen LogP contribution in [0.15, 0.2) is 6.07 Å². The molecule has 1 atom stereocenters. The Morgan fingerprint density at radius 3 is 2.50 bits per heavy atom. The number of halogens is 3. The topological polar surface area (TPSA) is 29.0 Å². The predicted octanol–water partition coefficient (Wildman–Crippen LogP) is 2.40. The smallest absolute Gasteiger partial charge is 0.338 e. The fraction of sp³-hybridized carbons (Fsp3) is 0.600. The van der Waals surface area contributed by atoms with Gasteiger partial charge in [0.25, 0.3) is 0 Å². The van der Waals surface area contributed by atoms with E-state index >= 15 is 0 Å². The number of aromatic nitrogens is 2. The number of hydrogen-bond acceptors (Lipinski definition) is 3. The Kier molecular flexibility index (Phi) is 2.52. The summed E-state index contributed by atoms with van der Waals surface area (Å²) in [6.07, 6.45) is -3.44. The van der Waals surface area contributed by atoms with E-state index in [4.69, 9.17) is 0 Å². The van der Waals surface area contributed by atoms with Gasteiger partial charge in [0.15, 0.2) is 0 Å². The first kappa shape index (κ1) is 11.2. The number of anilines is 1. The molecule has 0 N–H and O–H groups in total. The lowest BCUT2D eigenvalue weighted by atomic mass is 10.1. The normalized spacial score (nSPS) is 20.8. The Bertz CT molecular complexity index is 403. The van der Waals surface area contributed by atoms with E-state index in [9.17, 15) is 13.2 Å². The van der Waals surface area contributed by atoms with Crippen LogP contribution in [0, 0.1) is 6.92 Å². The second kappa shape index (κ2) is 3.61. The van der Waals surface area contributed by atoms with Crippen molar-refractivity contribution in [2.45, 2.75) is 32.5 Å². The van der Waals surface area contributed by atoms with Gasteiger partial charge in [0.1, 0.15) is 5.69 Å². The lowest BCUT2D eigenvalue weighted by Crippen LogP contribution is -2.47. The molecular formula is C10H12F3N3. The average Bonchev–Trinajstić information content (AvgIpc) is 2.13. The molecule has 3 nitrogen and oxygen atoms in total. The van der Waals surface area contributed by atoms with Gasteiger partial charge in [-0.15, -0.1) is 0 Å². The van der Waals surface area contributed by atoms with Gasteiger partial charge in [0.05, 0.1) is 0 Å². The lowest BCUT2D eigenvalue weighted by Gasteiger charge is -2.38. The number of alkyl halides is 3. The predicted molar refractivity (Wildman–Crippen MR) is 53.2 cm³/mol. The highest BCUT2D eigenvalue weighted by molar-refractivity contribution is 5.37.